The molecule has 1 rings (SSSR count). The maximum atomic E-state index is 11.7. The minimum absolute atomic E-state index is 0.100. The fraction of sp³-hybridized carbons (Fsp3) is 0.375. The van der Waals surface area contributed by atoms with E-state index in [1.54, 1.807) is 6.92 Å². The van der Waals surface area contributed by atoms with Crippen LogP contribution in [0.5, 0.6) is 0 Å². The highest BCUT2D eigenvalue weighted by Crippen LogP contribution is 2.13. The van der Waals surface area contributed by atoms with E-state index in [4.69, 9.17) is 9.84 Å². The van der Waals surface area contributed by atoms with E-state index < -0.39 is 12.1 Å². The molecule has 0 spiro atoms. The lowest BCUT2D eigenvalue weighted by Gasteiger charge is -2.12. The van der Waals surface area contributed by atoms with Crippen molar-refractivity contribution in [1.29, 1.82) is 0 Å². The average Bonchev–Trinajstić information content (AvgIpc) is 2.42. The Morgan fingerprint density at radius 3 is 2.38 bits per heavy atom. The minimum atomic E-state index is -1.16. The Balaban J connectivity index is 2.63. The highest BCUT2D eigenvalue weighted by atomic mass is 16.5. The van der Waals surface area contributed by atoms with Gasteiger partial charge in [-0.2, -0.15) is 0 Å². The summed E-state index contributed by atoms with van der Waals surface area (Å²) in [5.41, 5.74) is 1.35. The number of carboxylic acids is 1. The number of rotatable bonds is 6. The monoisotopic (exact) mass is 291 g/mol. The molecule has 114 valence electrons. The van der Waals surface area contributed by atoms with Crippen molar-refractivity contribution in [2.45, 2.75) is 33.8 Å². The molecule has 1 amide bonds. The standard InChI is InChI=1S/C16H21NO4/c1-11(2)9-12(3)14(15(18)19)17-16(20)21-10-13-7-5-4-6-8-13/h4-8,11H,9-10H2,1-3H3,(H,17,20)(H,18,19). The van der Waals surface area contributed by atoms with E-state index in [0.29, 0.717) is 17.9 Å². The van der Waals surface area contributed by atoms with E-state index in [2.05, 4.69) is 5.32 Å². The van der Waals surface area contributed by atoms with Gasteiger partial charge in [-0.25, -0.2) is 9.59 Å². The molecule has 0 atom stereocenters. The maximum absolute atomic E-state index is 11.7. The number of carbonyl (C=O) groups excluding carboxylic acids is 1. The third-order valence-corrected chi connectivity index (χ3v) is 2.79. The number of hydrogen-bond acceptors (Lipinski definition) is 3. The van der Waals surface area contributed by atoms with Crippen LogP contribution < -0.4 is 5.32 Å². The van der Waals surface area contributed by atoms with E-state index in [1.165, 1.54) is 0 Å². The van der Waals surface area contributed by atoms with Crippen molar-refractivity contribution in [3.05, 3.63) is 47.2 Å². The zero-order valence-corrected chi connectivity index (χ0v) is 12.6. The first-order valence-electron chi connectivity index (χ1n) is 6.81. The van der Waals surface area contributed by atoms with Crippen LogP contribution in [0.2, 0.25) is 0 Å². The number of hydrogen-bond donors (Lipinski definition) is 2. The van der Waals surface area contributed by atoms with Crippen LogP contribution in [0.25, 0.3) is 0 Å². The number of aliphatic carboxylic acids is 1. The number of amides is 1. The Labute approximate surface area is 124 Å². The second-order valence-electron chi connectivity index (χ2n) is 5.25. The Hall–Kier alpha value is -2.30. The summed E-state index contributed by atoms with van der Waals surface area (Å²) < 4.78 is 5.02. The predicted octanol–water partition coefficient (Wildman–Crippen LogP) is 3.32. The molecule has 0 aliphatic rings. The van der Waals surface area contributed by atoms with Crippen molar-refractivity contribution in [1.82, 2.24) is 5.32 Å². The number of carbonyl (C=O) groups is 2. The summed E-state index contributed by atoms with van der Waals surface area (Å²) in [7, 11) is 0. The number of allylic oxidation sites excluding steroid dienone is 1. The molecule has 0 aliphatic heterocycles. The summed E-state index contributed by atoms with van der Waals surface area (Å²) in [5.74, 6) is -0.855. The molecule has 5 nitrogen and oxygen atoms in total. The van der Waals surface area contributed by atoms with Gasteiger partial charge in [-0.05, 0) is 30.4 Å². The molecule has 0 radical (unpaired) electrons. The van der Waals surface area contributed by atoms with Crippen molar-refractivity contribution in [2.24, 2.45) is 5.92 Å². The van der Waals surface area contributed by atoms with Gasteiger partial charge in [-0.3, -0.25) is 5.32 Å². The van der Waals surface area contributed by atoms with Crippen LogP contribution in [0.4, 0.5) is 4.79 Å². The van der Waals surface area contributed by atoms with Crippen LogP contribution in [0.1, 0.15) is 32.8 Å². The molecular formula is C16H21NO4. The normalized spacial score (nSPS) is 11.8. The van der Waals surface area contributed by atoms with Crippen LogP contribution in [0.3, 0.4) is 0 Å². The van der Waals surface area contributed by atoms with Crippen LogP contribution >= 0.6 is 0 Å². The number of carboxylic acid groups (broad SMARTS) is 1. The molecule has 0 aliphatic carbocycles. The summed E-state index contributed by atoms with van der Waals surface area (Å²) in [6.07, 6.45) is -0.167. The van der Waals surface area contributed by atoms with E-state index in [9.17, 15) is 9.59 Å². The lowest BCUT2D eigenvalue weighted by molar-refractivity contribution is -0.133. The minimum Gasteiger partial charge on any atom is -0.477 e. The van der Waals surface area contributed by atoms with E-state index in [0.717, 1.165) is 5.56 Å². The molecule has 0 unspecified atom stereocenters. The molecule has 1 aromatic carbocycles. The Kier molecular flexibility index (Phi) is 6.46. The Morgan fingerprint density at radius 2 is 1.86 bits per heavy atom. The second-order valence-corrected chi connectivity index (χ2v) is 5.25. The fourth-order valence-electron chi connectivity index (χ4n) is 1.92. The van der Waals surface area contributed by atoms with Gasteiger partial charge in [-0.1, -0.05) is 44.2 Å². The average molecular weight is 291 g/mol. The van der Waals surface area contributed by atoms with Gasteiger partial charge >= 0.3 is 12.1 Å². The third kappa shape index (κ3) is 6.12. The van der Waals surface area contributed by atoms with Crippen LogP contribution in [-0.2, 0) is 16.1 Å². The highest BCUT2D eigenvalue weighted by Gasteiger charge is 2.16. The summed E-state index contributed by atoms with van der Waals surface area (Å²) in [5, 5.41) is 11.5. The van der Waals surface area contributed by atoms with Gasteiger partial charge in [-0.15, -0.1) is 0 Å². The number of ether oxygens (including phenoxy) is 1. The molecule has 5 heteroatoms. The smallest absolute Gasteiger partial charge is 0.412 e. The molecule has 0 fully saturated rings. The molecule has 0 saturated carbocycles. The zero-order chi connectivity index (χ0) is 15.8. The fourth-order valence-corrected chi connectivity index (χ4v) is 1.92. The molecule has 2 N–H and O–H groups in total. The van der Waals surface area contributed by atoms with Gasteiger partial charge < -0.3 is 9.84 Å². The van der Waals surface area contributed by atoms with Crippen molar-refractivity contribution >= 4 is 12.1 Å². The highest BCUT2D eigenvalue weighted by molar-refractivity contribution is 5.91. The topological polar surface area (TPSA) is 75.6 Å². The molecule has 0 heterocycles. The summed E-state index contributed by atoms with van der Waals surface area (Å²) in [4.78, 5) is 22.9. The summed E-state index contributed by atoms with van der Waals surface area (Å²) in [6, 6.07) is 9.19. The maximum Gasteiger partial charge on any atom is 0.412 e. The lowest BCUT2D eigenvalue weighted by atomic mass is 10.0. The Bertz CT molecular complexity index is 520. The SMILES string of the molecule is CC(CC(C)C)=C(NC(=O)OCc1ccccc1)C(=O)O. The van der Waals surface area contributed by atoms with E-state index >= 15 is 0 Å². The van der Waals surface area contributed by atoms with Crippen LogP contribution in [0, 0.1) is 5.92 Å². The van der Waals surface area contributed by atoms with Gasteiger partial charge in [0.15, 0.2) is 0 Å². The van der Waals surface area contributed by atoms with Crippen molar-refractivity contribution in [3.8, 4) is 0 Å². The molecule has 0 aromatic heterocycles. The molecular weight excluding hydrogens is 270 g/mol. The van der Waals surface area contributed by atoms with Gasteiger partial charge in [0.25, 0.3) is 0 Å². The largest absolute Gasteiger partial charge is 0.477 e. The predicted molar refractivity (Wildman–Crippen MR) is 79.6 cm³/mol. The first-order valence-corrected chi connectivity index (χ1v) is 6.81. The van der Waals surface area contributed by atoms with Gasteiger partial charge in [0.1, 0.15) is 12.3 Å². The Morgan fingerprint density at radius 1 is 1.24 bits per heavy atom. The first kappa shape index (κ1) is 16.8. The van der Waals surface area contributed by atoms with Gasteiger partial charge in [0.05, 0.1) is 0 Å². The quantitative estimate of drug-likeness (QED) is 0.788. The van der Waals surface area contributed by atoms with E-state index in [-0.39, 0.29) is 12.3 Å². The summed E-state index contributed by atoms with van der Waals surface area (Å²) in [6.45, 7) is 5.76. The zero-order valence-electron chi connectivity index (χ0n) is 12.6. The molecule has 0 bridgehead atoms. The third-order valence-electron chi connectivity index (χ3n) is 2.79. The van der Waals surface area contributed by atoms with Gasteiger partial charge in [0, 0.05) is 0 Å². The number of nitrogens with one attached hydrogen (secondary N) is 1. The molecule has 1 aromatic rings. The number of benzene rings is 1. The molecule has 21 heavy (non-hydrogen) atoms. The van der Waals surface area contributed by atoms with Crippen LogP contribution in [0.15, 0.2) is 41.6 Å². The van der Waals surface area contributed by atoms with E-state index in [1.807, 2.05) is 44.2 Å². The molecule has 0 saturated heterocycles. The van der Waals surface area contributed by atoms with Crippen molar-refractivity contribution in [3.63, 3.8) is 0 Å². The van der Waals surface area contributed by atoms with Crippen molar-refractivity contribution < 1.29 is 19.4 Å². The summed E-state index contributed by atoms with van der Waals surface area (Å²) >= 11 is 0. The van der Waals surface area contributed by atoms with Gasteiger partial charge in [0.2, 0.25) is 0 Å². The lowest BCUT2D eigenvalue weighted by Crippen LogP contribution is -2.29. The number of alkyl carbamates (subject to hydrolysis) is 1. The van der Waals surface area contributed by atoms with Crippen LogP contribution in [-0.4, -0.2) is 17.2 Å². The van der Waals surface area contributed by atoms with Crippen molar-refractivity contribution in [2.75, 3.05) is 0 Å². The second kappa shape index (κ2) is 8.09. The first-order chi connectivity index (χ1) is 9.90.